The van der Waals surface area contributed by atoms with Gasteiger partial charge in [-0.05, 0) is 43.3 Å². The Labute approximate surface area is 123 Å². The molecule has 0 bridgehead atoms. The molecule has 1 atom stereocenters. The molecule has 0 fully saturated rings. The Kier molecular flexibility index (Phi) is 5.28. The molecule has 1 unspecified atom stereocenters. The van der Waals surface area contributed by atoms with Crippen molar-refractivity contribution < 1.29 is 13.5 Å². The van der Waals surface area contributed by atoms with Gasteiger partial charge in [-0.15, -0.1) is 0 Å². The maximum absolute atomic E-state index is 13.5. The van der Waals surface area contributed by atoms with Gasteiger partial charge in [0.1, 0.15) is 24.0 Å². The second-order valence-electron chi connectivity index (χ2n) is 4.84. The van der Waals surface area contributed by atoms with Gasteiger partial charge in [0.15, 0.2) is 0 Å². The van der Waals surface area contributed by atoms with Crippen LogP contribution < -0.4 is 10.1 Å². The lowest BCUT2D eigenvalue weighted by Crippen LogP contribution is -2.17. The summed E-state index contributed by atoms with van der Waals surface area (Å²) in [5.41, 5.74) is 1.09. The van der Waals surface area contributed by atoms with Crippen LogP contribution in [0.4, 0.5) is 8.78 Å². The van der Waals surface area contributed by atoms with Gasteiger partial charge in [0, 0.05) is 6.04 Å². The van der Waals surface area contributed by atoms with Gasteiger partial charge in [-0.1, -0.05) is 25.1 Å². The molecule has 1 N–H and O–H groups in total. The smallest absolute Gasteiger partial charge is 0.132 e. The first kappa shape index (κ1) is 15.4. The largest absolute Gasteiger partial charge is 0.489 e. The molecule has 2 nitrogen and oxygen atoms in total. The van der Waals surface area contributed by atoms with Crippen LogP contribution in [-0.2, 0) is 6.61 Å². The highest BCUT2D eigenvalue weighted by molar-refractivity contribution is 5.29. The van der Waals surface area contributed by atoms with Gasteiger partial charge in [-0.25, -0.2) is 8.78 Å². The summed E-state index contributed by atoms with van der Waals surface area (Å²) in [5.74, 6) is -0.593. The van der Waals surface area contributed by atoms with Crippen LogP contribution in [0, 0.1) is 11.6 Å². The predicted molar refractivity (Wildman–Crippen MR) is 79.2 cm³/mol. The van der Waals surface area contributed by atoms with Gasteiger partial charge in [0.25, 0.3) is 0 Å². The van der Waals surface area contributed by atoms with E-state index in [-0.39, 0.29) is 18.2 Å². The molecule has 0 radical (unpaired) electrons. The summed E-state index contributed by atoms with van der Waals surface area (Å²) in [6, 6.07) is 11.6. The average Bonchev–Trinajstić information content (AvgIpc) is 2.47. The molecule has 0 aliphatic rings. The summed E-state index contributed by atoms with van der Waals surface area (Å²) >= 11 is 0. The van der Waals surface area contributed by atoms with Crippen LogP contribution in [-0.4, -0.2) is 6.54 Å². The minimum atomic E-state index is -0.590. The standard InChI is InChI=1S/C17H19F2NO/c1-3-20-12(2)13-7-9-14(10-8-13)21-11-15-16(18)5-4-6-17(15)19/h4-10,12,20H,3,11H2,1-2H3. The van der Waals surface area contributed by atoms with Crippen LogP contribution in [0.2, 0.25) is 0 Å². The van der Waals surface area contributed by atoms with E-state index in [4.69, 9.17) is 4.74 Å². The topological polar surface area (TPSA) is 21.3 Å². The fraction of sp³-hybridized carbons (Fsp3) is 0.294. The lowest BCUT2D eigenvalue weighted by atomic mass is 10.1. The van der Waals surface area contributed by atoms with E-state index in [0.717, 1.165) is 12.1 Å². The predicted octanol–water partition coefficient (Wildman–Crippen LogP) is 4.21. The molecule has 21 heavy (non-hydrogen) atoms. The second kappa shape index (κ2) is 7.18. The van der Waals surface area contributed by atoms with Crippen molar-refractivity contribution in [3.8, 4) is 5.75 Å². The molecule has 2 rings (SSSR count). The molecule has 0 aliphatic carbocycles. The minimum absolute atomic E-state index is 0.0532. The van der Waals surface area contributed by atoms with Gasteiger partial charge in [0.05, 0.1) is 5.56 Å². The third kappa shape index (κ3) is 4.02. The molecule has 0 spiro atoms. The second-order valence-corrected chi connectivity index (χ2v) is 4.84. The van der Waals surface area contributed by atoms with Crippen LogP contribution in [0.5, 0.6) is 5.75 Å². The number of hydrogen-bond acceptors (Lipinski definition) is 2. The van der Waals surface area contributed by atoms with Gasteiger partial charge < -0.3 is 10.1 Å². The highest BCUT2D eigenvalue weighted by Crippen LogP contribution is 2.20. The molecular weight excluding hydrogens is 272 g/mol. The lowest BCUT2D eigenvalue weighted by molar-refractivity contribution is 0.292. The highest BCUT2D eigenvalue weighted by atomic mass is 19.1. The maximum Gasteiger partial charge on any atom is 0.132 e. The third-order valence-corrected chi connectivity index (χ3v) is 3.34. The Hall–Kier alpha value is -1.94. The van der Waals surface area contributed by atoms with Crippen LogP contribution in [0.3, 0.4) is 0 Å². The van der Waals surface area contributed by atoms with E-state index in [0.29, 0.717) is 5.75 Å². The molecule has 2 aromatic rings. The van der Waals surface area contributed by atoms with E-state index < -0.39 is 11.6 Å². The minimum Gasteiger partial charge on any atom is -0.489 e. The summed E-state index contributed by atoms with van der Waals surface area (Å²) in [5, 5.41) is 3.31. The fourth-order valence-corrected chi connectivity index (χ4v) is 2.10. The third-order valence-electron chi connectivity index (χ3n) is 3.34. The summed E-state index contributed by atoms with van der Waals surface area (Å²) in [6.45, 7) is 4.90. The van der Waals surface area contributed by atoms with E-state index in [2.05, 4.69) is 19.2 Å². The zero-order valence-electron chi connectivity index (χ0n) is 12.2. The van der Waals surface area contributed by atoms with E-state index in [1.54, 1.807) is 0 Å². The first-order chi connectivity index (χ1) is 10.1. The summed E-state index contributed by atoms with van der Waals surface area (Å²) in [4.78, 5) is 0. The van der Waals surface area contributed by atoms with Crippen molar-refractivity contribution in [1.82, 2.24) is 5.32 Å². The van der Waals surface area contributed by atoms with Crippen LogP contribution in [0.15, 0.2) is 42.5 Å². The number of ether oxygens (including phenoxy) is 1. The van der Waals surface area contributed by atoms with Gasteiger partial charge in [0.2, 0.25) is 0 Å². The van der Waals surface area contributed by atoms with Gasteiger partial charge in [-0.2, -0.15) is 0 Å². The molecule has 0 saturated carbocycles. The number of hydrogen-bond donors (Lipinski definition) is 1. The zero-order chi connectivity index (χ0) is 15.2. The number of halogens is 2. The van der Waals surface area contributed by atoms with Crippen molar-refractivity contribution in [2.24, 2.45) is 0 Å². The number of benzene rings is 2. The Morgan fingerprint density at radius 1 is 1.05 bits per heavy atom. The highest BCUT2D eigenvalue weighted by Gasteiger charge is 2.09. The molecule has 0 aromatic heterocycles. The number of rotatable bonds is 6. The maximum atomic E-state index is 13.5. The van der Waals surface area contributed by atoms with Crippen LogP contribution >= 0.6 is 0 Å². The summed E-state index contributed by atoms with van der Waals surface area (Å²) in [6.07, 6.45) is 0. The first-order valence-corrected chi connectivity index (χ1v) is 7.01. The van der Waals surface area contributed by atoms with E-state index in [9.17, 15) is 8.78 Å². The molecule has 0 aliphatic heterocycles. The quantitative estimate of drug-likeness (QED) is 0.860. The summed E-state index contributed by atoms with van der Waals surface area (Å²) in [7, 11) is 0. The van der Waals surface area contributed by atoms with Crippen molar-refractivity contribution in [2.45, 2.75) is 26.5 Å². The monoisotopic (exact) mass is 291 g/mol. The van der Waals surface area contributed by atoms with Crippen molar-refractivity contribution in [3.05, 3.63) is 65.2 Å². The molecule has 2 aromatic carbocycles. The van der Waals surface area contributed by atoms with Crippen LogP contribution in [0.25, 0.3) is 0 Å². The van der Waals surface area contributed by atoms with E-state index >= 15 is 0 Å². The fourth-order valence-electron chi connectivity index (χ4n) is 2.10. The Morgan fingerprint density at radius 2 is 1.67 bits per heavy atom. The molecule has 4 heteroatoms. The van der Waals surface area contributed by atoms with E-state index in [1.807, 2.05) is 24.3 Å². The van der Waals surface area contributed by atoms with Crippen LogP contribution in [0.1, 0.15) is 31.0 Å². The number of nitrogens with one attached hydrogen (secondary N) is 1. The van der Waals surface area contributed by atoms with Crippen molar-refractivity contribution in [2.75, 3.05) is 6.54 Å². The SMILES string of the molecule is CCNC(C)c1ccc(OCc2c(F)cccc2F)cc1. The molecular formula is C17H19F2NO. The van der Waals surface area contributed by atoms with E-state index in [1.165, 1.54) is 18.2 Å². The van der Waals surface area contributed by atoms with Crippen molar-refractivity contribution in [3.63, 3.8) is 0 Å². The normalized spacial score (nSPS) is 12.2. The molecule has 112 valence electrons. The first-order valence-electron chi connectivity index (χ1n) is 7.01. The van der Waals surface area contributed by atoms with Crippen molar-refractivity contribution >= 4 is 0 Å². The Balaban J connectivity index is 2.01. The Bertz CT molecular complexity index is 564. The average molecular weight is 291 g/mol. The van der Waals surface area contributed by atoms with Crippen molar-refractivity contribution in [1.29, 1.82) is 0 Å². The molecule has 0 amide bonds. The van der Waals surface area contributed by atoms with Gasteiger partial charge in [-0.3, -0.25) is 0 Å². The lowest BCUT2D eigenvalue weighted by Gasteiger charge is -2.13. The summed E-state index contributed by atoms with van der Waals surface area (Å²) < 4.78 is 32.4. The Morgan fingerprint density at radius 3 is 2.24 bits per heavy atom. The molecule has 0 heterocycles. The zero-order valence-corrected chi connectivity index (χ0v) is 12.2. The van der Waals surface area contributed by atoms with Gasteiger partial charge >= 0.3 is 0 Å². The molecule has 0 saturated heterocycles.